The van der Waals surface area contributed by atoms with Crippen molar-refractivity contribution in [3.8, 4) is 0 Å². The third kappa shape index (κ3) is 4.28. The van der Waals surface area contributed by atoms with Gasteiger partial charge in [-0.25, -0.2) is 4.98 Å². The quantitative estimate of drug-likeness (QED) is 0.463. The summed E-state index contributed by atoms with van der Waals surface area (Å²) in [5.74, 6) is 1.50. The van der Waals surface area contributed by atoms with E-state index in [1.807, 2.05) is 6.20 Å². The van der Waals surface area contributed by atoms with Crippen molar-refractivity contribution in [3.05, 3.63) is 65.1 Å². The Balaban J connectivity index is 1.13. The average molecular weight is 415 g/mol. The van der Waals surface area contributed by atoms with Gasteiger partial charge in [-0.15, -0.1) is 0 Å². The van der Waals surface area contributed by atoms with Crippen molar-refractivity contribution in [2.45, 2.75) is 46.1 Å². The molecular weight excluding hydrogens is 384 g/mol. The first kappa shape index (κ1) is 20.0. The molecule has 0 amide bonds. The minimum absolute atomic E-state index is 0.192. The molecule has 5 nitrogen and oxygen atoms in total. The van der Waals surface area contributed by atoms with E-state index < -0.39 is 0 Å². The van der Waals surface area contributed by atoms with Crippen LogP contribution >= 0.6 is 0 Å². The Morgan fingerprint density at radius 1 is 1.06 bits per heavy atom. The number of nitrogens with one attached hydrogen (secondary N) is 2. The number of carbonyl (C=O) groups is 1. The fourth-order valence-electron chi connectivity index (χ4n) is 4.76. The molecule has 1 aliphatic heterocycles. The van der Waals surface area contributed by atoms with Gasteiger partial charge >= 0.3 is 0 Å². The van der Waals surface area contributed by atoms with Gasteiger partial charge in [-0.1, -0.05) is 6.07 Å². The standard InChI is InChI=1S/C26H30N4O/c1-17-13-23-24(14-18(17)2)29-26(28-23)6-5-25(31)20-8-11-30(12-9-20)16-19-3-4-22-21(15-19)7-10-27-22/h3-4,7,10,13-15,20,27H,5-6,8-9,11-12,16H2,1-2H3,(H,28,29). The van der Waals surface area contributed by atoms with Crippen molar-refractivity contribution in [3.63, 3.8) is 0 Å². The molecule has 0 atom stereocenters. The maximum Gasteiger partial charge on any atom is 0.136 e. The van der Waals surface area contributed by atoms with Crippen LogP contribution in [0.3, 0.4) is 0 Å². The fourth-order valence-corrected chi connectivity index (χ4v) is 4.76. The number of fused-ring (bicyclic) bond motifs is 2. The Kier molecular flexibility index (Phi) is 5.36. The molecule has 31 heavy (non-hydrogen) atoms. The molecule has 0 aliphatic carbocycles. The molecule has 2 aromatic carbocycles. The van der Waals surface area contributed by atoms with Crippen LogP contribution < -0.4 is 0 Å². The maximum absolute atomic E-state index is 12.8. The Morgan fingerprint density at radius 2 is 1.87 bits per heavy atom. The smallest absolute Gasteiger partial charge is 0.136 e. The summed E-state index contributed by atoms with van der Waals surface area (Å²) in [7, 11) is 0. The van der Waals surface area contributed by atoms with Gasteiger partial charge in [-0.05, 0) is 92.2 Å². The van der Waals surface area contributed by atoms with Crippen LogP contribution in [-0.2, 0) is 17.8 Å². The van der Waals surface area contributed by atoms with Gasteiger partial charge in [0.15, 0.2) is 0 Å². The number of Topliss-reactive ketones (excluding diaryl/α,β-unsaturated/α-hetero) is 1. The molecular formula is C26H30N4O. The summed E-state index contributed by atoms with van der Waals surface area (Å²) in [5.41, 5.74) is 7.10. The number of aromatic amines is 2. The molecule has 160 valence electrons. The van der Waals surface area contributed by atoms with E-state index in [9.17, 15) is 4.79 Å². The third-order valence-corrected chi connectivity index (χ3v) is 6.82. The lowest BCUT2D eigenvalue weighted by atomic mass is 9.90. The van der Waals surface area contributed by atoms with E-state index in [1.54, 1.807) is 0 Å². The normalized spacial score (nSPS) is 15.8. The van der Waals surface area contributed by atoms with Gasteiger partial charge < -0.3 is 9.97 Å². The molecule has 0 unspecified atom stereocenters. The van der Waals surface area contributed by atoms with E-state index in [4.69, 9.17) is 4.98 Å². The van der Waals surface area contributed by atoms with E-state index >= 15 is 0 Å². The van der Waals surface area contributed by atoms with Gasteiger partial charge in [0.05, 0.1) is 11.0 Å². The molecule has 5 rings (SSSR count). The molecule has 1 aliphatic rings. The lowest BCUT2D eigenvalue weighted by Gasteiger charge is -2.31. The number of benzene rings is 2. The highest BCUT2D eigenvalue weighted by Gasteiger charge is 2.25. The number of carbonyl (C=O) groups excluding carboxylic acids is 1. The first-order valence-electron chi connectivity index (χ1n) is 11.3. The summed E-state index contributed by atoms with van der Waals surface area (Å²) in [6, 6.07) is 13.0. The number of hydrogen-bond acceptors (Lipinski definition) is 3. The first-order valence-corrected chi connectivity index (χ1v) is 11.3. The van der Waals surface area contributed by atoms with Crippen LogP contribution in [0.4, 0.5) is 0 Å². The van der Waals surface area contributed by atoms with Crippen molar-refractivity contribution in [1.82, 2.24) is 19.9 Å². The predicted octanol–water partition coefficient (Wildman–Crippen LogP) is 5.07. The highest BCUT2D eigenvalue weighted by Crippen LogP contribution is 2.23. The van der Waals surface area contributed by atoms with E-state index in [1.165, 1.54) is 27.6 Å². The molecule has 0 saturated carbocycles. The maximum atomic E-state index is 12.8. The summed E-state index contributed by atoms with van der Waals surface area (Å²) >= 11 is 0. The summed E-state index contributed by atoms with van der Waals surface area (Å²) in [5, 5.41) is 1.26. The largest absolute Gasteiger partial charge is 0.361 e. The number of nitrogens with zero attached hydrogens (tertiary/aromatic N) is 2. The van der Waals surface area contributed by atoms with Crippen LogP contribution in [0.1, 0.15) is 41.8 Å². The molecule has 3 heterocycles. The zero-order valence-corrected chi connectivity index (χ0v) is 18.4. The fraction of sp³-hybridized carbons (Fsp3) is 0.385. The van der Waals surface area contributed by atoms with E-state index in [0.29, 0.717) is 18.6 Å². The Morgan fingerprint density at radius 3 is 2.71 bits per heavy atom. The van der Waals surface area contributed by atoms with E-state index in [2.05, 4.69) is 65.1 Å². The van der Waals surface area contributed by atoms with Gasteiger partial charge in [0.2, 0.25) is 0 Å². The number of H-pyrrole nitrogens is 2. The van der Waals surface area contributed by atoms with Crippen molar-refractivity contribution >= 4 is 27.7 Å². The number of rotatable bonds is 6. The second-order valence-corrected chi connectivity index (χ2v) is 9.05. The van der Waals surface area contributed by atoms with Crippen LogP contribution in [-0.4, -0.2) is 38.7 Å². The van der Waals surface area contributed by atoms with Gasteiger partial charge in [0, 0.05) is 37.0 Å². The molecule has 0 radical (unpaired) electrons. The highest BCUT2D eigenvalue weighted by atomic mass is 16.1. The van der Waals surface area contributed by atoms with Crippen LogP contribution in [0.25, 0.3) is 21.9 Å². The van der Waals surface area contributed by atoms with Crippen molar-refractivity contribution < 1.29 is 4.79 Å². The van der Waals surface area contributed by atoms with Crippen LogP contribution in [0.2, 0.25) is 0 Å². The van der Waals surface area contributed by atoms with Crippen LogP contribution in [0.5, 0.6) is 0 Å². The Labute approximate surface area is 182 Å². The van der Waals surface area contributed by atoms with Gasteiger partial charge in [0.1, 0.15) is 11.6 Å². The summed E-state index contributed by atoms with van der Waals surface area (Å²) in [6.07, 6.45) is 5.18. The topological polar surface area (TPSA) is 64.8 Å². The highest BCUT2D eigenvalue weighted by molar-refractivity contribution is 5.82. The molecule has 4 aromatic rings. The SMILES string of the molecule is Cc1cc2nc(CCC(=O)C3CCN(Cc4ccc5[nH]ccc5c4)CC3)[nH]c2cc1C. The van der Waals surface area contributed by atoms with Gasteiger partial charge in [-0.3, -0.25) is 9.69 Å². The minimum Gasteiger partial charge on any atom is -0.361 e. The summed E-state index contributed by atoms with van der Waals surface area (Å²) in [6.45, 7) is 7.16. The first-order chi connectivity index (χ1) is 15.0. The number of aromatic nitrogens is 3. The number of ketones is 1. The van der Waals surface area contributed by atoms with Crippen molar-refractivity contribution in [2.75, 3.05) is 13.1 Å². The summed E-state index contributed by atoms with van der Waals surface area (Å²) < 4.78 is 0. The lowest BCUT2D eigenvalue weighted by molar-refractivity contribution is -0.124. The zero-order chi connectivity index (χ0) is 21.4. The molecule has 0 bridgehead atoms. The number of imidazole rings is 1. The molecule has 2 aromatic heterocycles. The van der Waals surface area contributed by atoms with Crippen molar-refractivity contribution in [2.24, 2.45) is 5.92 Å². The molecule has 5 heteroatoms. The number of piperidine rings is 1. The monoisotopic (exact) mass is 414 g/mol. The average Bonchev–Trinajstić information content (AvgIpc) is 3.39. The third-order valence-electron chi connectivity index (χ3n) is 6.82. The van der Waals surface area contributed by atoms with E-state index in [-0.39, 0.29) is 5.92 Å². The number of hydrogen-bond donors (Lipinski definition) is 2. The Hall–Kier alpha value is -2.92. The van der Waals surface area contributed by atoms with Gasteiger partial charge in [-0.2, -0.15) is 0 Å². The van der Waals surface area contributed by atoms with Crippen LogP contribution in [0.15, 0.2) is 42.6 Å². The lowest BCUT2D eigenvalue weighted by Crippen LogP contribution is -2.36. The predicted molar refractivity (Wildman–Crippen MR) is 125 cm³/mol. The van der Waals surface area contributed by atoms with E-state index in [0.717, 1.165) is 49.3 Å². The zero-order valence-electron chi connectivity index (χ0n) is 18.4. The second kappa shape index (κ2) is 8.31. The minimum atomic E-state index is 0.192. The number of likely N-dealkylation sites (tertiary alicyclic amines) is 1. The number of aryl methyl sites for hydroxylation is 3. The molecule has 1 fully saturated rings. The Bertz CT molecular complexity index is 1190. The molecule has 1 saturated heterocycles. The van der Waals surface area contributed by atoms with Gasteiger partial charge in [0.25, 0.3) is 0 Å². The van der Waals surface area contributed by atoms with Crippen LogP contribution in [0, 0.1) is 19.8 Å². The van der Waals surface area contributed by atoms with Crippen molar-refractivity contribution in [1.29, 1.82) is 0 Å². The molecule has 2 N–H and O–H groups in total. The second-order valence-electron chi connectivity index (χ2n) is 9.05. The molecule has 0 spiro atoms. The summed E-state index contributed by atoms with van der Waals surface area (Å²) in [4.78, 5) is 26.6.